The van der Waals surface area contributed by atoms with Gasteiger partial charge in [0.15, 0.2) is 0 Å². The molecule has 1 aliphatic rings. The lowest BCUT2D eigenvalue weighted by atomic mass is 10.1. The zero-order valence-electron chi connectivity index (χ0n) is 6.39. The number of hydrogen-bond donors (Lipinski definition) is 0. The van der Waals surface area contributed by atoms with Crippen LogP contribution in [0.15, 0.2) is 18.2 Å². The Labute approximate surface area is 78.7 Å². The molecule has 0 aliphatic carbocycles. The van der Waals surface area contributed by atoms with Crippen molar-refractivity contribution in [2.75, 3.05) is 6.61 Å². The lowest BCUT2D eigenvalue weighted by Gasteiger charge is -2.21. The van der Waals surface area contributed by atoms with E-state index in [2.05, 4.69) is 15.9 Å². The molecule has 64 valence electrons. The summed E-state index contributed by atoms with van der Waals surface area (Å²) in [6, 6.07) is 4.66. The predicted molar refractivity (Wildman–Crippen MR) is 48.2 cm³/mol. The number of hydrogen-bond acceptors (Lipinski definition) is 1. The molecule has 1 unspecified atom stereocenters. The molecule has 1 nitrogen and oxygen atoms in total. The van der Waals surface area contributed by atoms with Crippen molar-refractivity contribution in [1.29, 1.82) is 0 Å². The van der Waals surface area contributed by atoms with Crippen molar-refractivity contribution < 1.29 is 9.13 Å². The molecular formula is C9H8BrFO. The van der Waals surface area contributed by atoms with E-state index in [0.29, 0.717) is 17.2 Å². The summed E-state index contributed by atoms with van der Waals surface area (Å²) in [5.41, 5.74) is 1.04. The molecule has 0 N–H and O–H groups in total. The SMILES string of the molecule is Fc1ccc2c(c1)OCCC2Br. The van der Waals surface area contributed by atoms with Gasteiger partial charge in [-0.3, -0.25) is 0 Å². The fraction of sp³-hybridized carbons (Fsp3) is 0.333. The maximum Gasteiger partial charge on any atom is 0.126 e. The molecule has 1 aromatic carbocycles. The van der Waals surface area contributed by atoms with Crippen LogP contribution in [-0.4, -0.2) is 6.61 Å². The highest BCUT2D eigenvalue weighted by molar-refractivity contribution is 9.09. The van der Waals surface area contributed by atoms with E-state index in [-0.39, 0.29) is 5.82 Å². The zero-order valence-corrected chi connectivity index (χ0v) is 7.97. The summed E-state index contributed by atoms with van der Waals surface area (Å²) in [7, 11) is 0. The van der Waals surface area contributed by atoms with Crippen LogP contribution in [0.4, 0.5) is 4.39 Å². The molecular weight excluding hydrogens is 223 g/mol. The molecule has 0 radical (unpaired) electrons. The second kappa shape index (κ2) is 3.05. The van der Waals surface area contributed by atoms with Crippen LogP contribution in [0.1, 0.15) is 16.8 Å². The van der Waals surface area contributed by atoms with Crippen LogP contribution in [0.5, 0.6) is 5.75 Å². The van der Waals surface area contributed by atoms with Crippen molar-refractivity contribution in [1.82, 2.24) is 0 Å². The van der Waals surface area contributed by atoms with Crippen molar-refractivity contribution >= 4 is 15.9 Å². The van der Waals surface area contributed by atoms with Crippen LogP contribution < -0.4 is 4.74 Å². The maximum atomic E-state index is 12.7. The topological polar surface area (TPSA) is 9.23 Å². The predicted octanol–water partition coefficient (Wildman–Crippen LogP) is 3.04. The van der Waals surface area contributed by atoms with Crippen LogP contribution >= 0.6 is 15.9 Å². The minimum atomic E-state index is -0.240. The van der Waals surface area contributed by atoms with Crippen LogP contribution in [-0.2, 0) is 0 Å². The summed E-state index contributed by atoms with van der Waals surface area (Å²) in [5, 5.41) is 0. The van der Waals surface area contributed by atoms with E-state index < -0.39 is 0 Å². The van der Waals surface area contributed by atoms with Crippen molar-refractivity contribution in [3.05, 3.63) is 29.6 Å². The Morgan fingerprint density at radius 1 is 1.50 bits per heavy atom. The average molecular weight is 231 g/mol. The Balaban J connectivity index is 2.46. The third-order valence-electron chi connectivity index (χ3n) is 1.94. The maximum absolute atomic E-state index is 12.7. The molecule has 0 amide bonds. The highest BCUT2D eigenvalue weighted by Gasteiger charge is 2.18. The van der Waals surface area contributed by atoms with E-state index in [1.807, 2.05) is 0 Å². The number of ether oxygens (including phenoxy) is 1. The number of alkyl halides is 1. The molecule has 0 spiro atoms. The summed E-state index contributed by atoms with van der Waals surface area (Å²) in [5.74, 6) is 0.429. The Hall–Kier alpha value is -0.570. The van der Waals surface area contributed by atoms with E-state index in [9.17, 15) is 4.39 Å². The Morgan fingerprint density at radius 2 is 2.33 bits per heavy atom. The number of halogens is 2. The number of benzene rings is 1. The minimum Gasteiger partial charge on any atom is -0.493 e. The largest absolute Gasteiger partial charge is 0.493 e. The van der Waals surface area contributed by atoms with E-state index in [0.717, 1.165) is 12.0 Å². The van der Waals surface area contributed by atoms with E-state index >= 15 is 0 Å². The Kier molecular flexibility index (Phi) is 2.05. The lowest BCUT2D eigenvalue weighted by Crippen LogP contribution is -2.10. The van der Waals surface area contributed by atoms with E-state index in [1.54, 1.807) is 6.07 Å². The first-order valence-corrected chi connectivity index (χ1v) is 4.75. The minimum absolute atomic E-state index is 0.240. The molecule has 0 saturated carbocycles. The first kappa shape index (κ1) is 8.05. The van der Waals surface area contributed by atoms with Crippen LogP contribution in [0, 0.1) is 5.82 Å². The monoisotopic (exact) mass is 230 g/mol. The summed E-state index contributed by atoms with van der Waals surface area (Å²) in [6.45, 7) is 0.659. The van der Waals surface area contributed by atoms with E-state index in [4.69, 9.17) is 4.74 Å². The molecule has 2 rings (SSSR count). The van der Waals surface area contributed by atoms with Gasteiger partial charge in [0.1, 0.15) is 11.6 Å². The quantitative estimate of drug-likeness (QED) is 0.623. The molecule has 1 atom stereocenters. The van der Waals surface area contributed by atoms with Crippen molar-refractivity contribution in [2.45, 2.75) is 11.2 Å². The molecule has 1 aliphatic heterocycles. The fourth-order valence-corrected chi connectivity index (χ4v) is 1.88. The molecule has 1 heterocycles. The summed E-state index contributed by atoms with van der Waals surface area (Å²) in [4.78, 5) is 0.307. The Morgan fingerprint density at radius 3 is 3.17 bits per heavy atom. The zero-order chi connectivity index (χ0) is 8.55. The van der Waals surface area contributed by atoms with Gasteiger partial charge in [0.05, 0.1) is 6.61 Å². The van der Waals surface area contributed by atoms with Crippen molar-refractivity contribution in [3.63, 3.8) is 0 Å². The van der Waals surface area contributed by atoms with Crippen molar-refractivity contribution in [3.8, 4) is 5.75 Å². The molecule has 0 fully saturated rings. The highest BCUT2D eigenvalue weighted by atomic mass is 79.9. The fourth-order valence-electron chi connectivity index (χ4n) is 1.32. The first-order chi connectivity index (χ1) is 5.77. The first-order valence-electron chi connectivity index (χ1n) is 3.83. The van der Waals surface area contributed by atoms with Gasteiger partial charge in [-0.1, -0.05) is 22.0 Å². The standard InChI is InChI=1S/C9H8BrFO/c10-8-3-4-12-9-5-6(11)1-2-7(8)9/h1-2,5,8H,3-4H2. The highest BCUT2D eigenvalue weighted by Crippen LogP contribution is 2.37. The van der Waals surface area contributed by atoms with Gasteiger partial charge in [0, 0.05) is 16.5 Å². The van der Waals surface area contributed by atoms with Gasteiger partial charge in [-0.15, -0.1) is 0 Å². The van der Waals surface area contributed by atoms with Gasteiger partial charge < -0.3 is 4.74 Å². The van der Waals surface area contributed by atoms with Crippen LogP contribution in [0.3, 0.4) is 0 Å². The number of fused-ring (bicyclic) bond motifs is 1. The Bertz CT molecular complexity index is 301. The molecule has 0 saturated heterocycles. The molecule has 3 heteroatoms. The summed E-state index contributed by atoms with van der Waals surface area (Å²) < 4.78 is 18.0. The molecule has 1 aromatic rings. The van der Waals surface area contributed by atoms with Gasteiger partial charge in [-0.2, -0.15) is 0 Å². The van der Waals surface area contributed by atoms with Gasteiger partial charge in [0.2, 0.25) is 0 Å². The smallest absolute Gasteiger partial charge is 0.126 e. The summed E-state index contributed by atoms with van der Waals surface area (Å²) >= 11 is 3.51. The second-order valence-electron chi connectivity index (χ2n) is 2.79. The molecule has 0 bridgehead atoms. The van der Waals surface area contributed by atoms with Crippen LogP contribution in [0.25, 0.3) is 0 Å². The molecule has 0 aromatic heterocycles. The summed E-state index contributed by atoms with van der Waals surface area (Å²) in [6.07, 6.45) is 0.943. The number of rotatable bonds is 0. The lowest BCUT2D eigenvalue weighted by molar-refractivity contribution is 0.286. The normalized spacial score (nSPS) is 21.3. The van der Waals surface area contributed by atoms with Crippen LogP contribution in [0.2, 0.25) is 0 Å². The third kappa shape index (κ3) is 1.33. The van der Waals surface area contributed by atoms with Gasteiger partial charge in [-0.05, 0) is 12.5 Å². The average Bonchev–Trinajstić information content (AvgIpc) is 2.04. The second-order valence-corrected chi connectivity index (χ2v) is 3.89. The van der Waals surface area contributed by atoms with Gasteiger partial charge in [0.25, 0.3) is 0 Å². The third-order valence-corrected chi connectivity index (χ3v) is 2.89. The van der Waals surface area contributed by atoms with Gasteiger partial charge in [-0.25, -0.2) is 4.39 Å². The van der Waals surface area contributed by atoms with Gasteiger partial charge >= 0.3 is 0 Å². The van der Waals surface area contributed by atoms with E-state index in [1.165, 1.54) is 12.1 Å². The van der Waals surface area contributed by atoms with Crippen molar-refractivity contribution in [2.24, 2.45) is 0 Å². The molecule has 12 heavy (non-hydrogen) atoms.